The summed E-state index contributed by atoms with van der Waals surface area (Å²) in [5.74, 6) is -1.44. The topological polar surface area (TPSA) is 76.2 Å². The second-order valence-corrected chi connectivity index (χ2v) is 3.92. The Bertz CT molecular complexity index is 325. The average Bonchev–Trinajstić information content (AvgIpc) is 2.18. The van der Waals surface area contributed by atoms with Gasteiger partial charge in [0.25, 0.3) is 0 Å². The van der Waals surface area contributed by atoms with E-state index < -0.39 is 17.9 Å². The van der Waals surface area contributed by atoms with E-state index >= 15 is 0 Å². The molecule has 0 saturated carbocycles. The maximum absolute atomic E-state index is 11.1. The fourth-order valence-corrected chi connectivity index (χ4v) is 1.63. The molecule has 4 nitrogen and oxygen atoms in total. The third-order valence-corrected chi connectivity index (χ3v) is 2.46. The first-order chi connectivity index (χ1) is 7.04. The molecule has 82 valence electrons. The van der Waals surface area contributed by atoms with Crippen LogP contribution in [0.4, 0.5) is 0 Å². The highest BCUT2D eigenvalue weighted by molar-refractivity contribution is 5.71. The molecule has 0 radical (unpaired) electrons. The van der Waals surface area contributed by atoms with Crippen LogP contribution in [0.25, 0.3) is 0 Å². The maximum atomic E-state index is 11.1. The summed E-state index contributed by atoms with van der Waals surface area (Å²) in [5.41, 5.74) is 6.68. The zero-order valence-corrected chi connectivity index (χ0v) is 8.92. The summed E-state index contributed by atoms with van der Waals surface area (Å²) in [6.07, 6.45) is 3.25. The molecule has 4 heteroatoms. The van der Waals surface area contributed by atoms with Crippen molar-refractivity contribution in [1.29, 1.82) is 0 Å². The van der Waals surface area contributed by atoms with Gasteiger partial charge in [0, 0.05) is 18.4 Å². The van der Waals surface area contributed by atoms with Gasteiger partial charge in [0.15, 0.2) is 0 Å². The molecule has 0 saturated heterocycles. The van der Waals surface area contributed by atoms with E-state index in [1.807, 2.05) is 13.8 Å². The van der Waals surface area contributed by atoms with Gasteiger partial charge in [-0.05, 0) is 17.5 Å². The second kappa shape index (κ2) is 4.89. The van der Waals surface area contributed by atoms with Gasteiger partial charge in [0.2, 0.25) is 0 Å². The Labute approximate surface area is 89.1 Å². The van der Waals surface area contributed by atoms with Crippen LogP contribution in [0.2, 0.25) is 0 Å². The van der Waals surface area contributed by atoms with E-state index in [-0.39, 0.29) is 5.92 Å². The van der Waals surface area contributed by atoms with Crippen molar-refractivity contribution in [3.63, 3.8) is 0 Å². The molecule has 0 spiro atoms. The van der Waals surface area contributed by atoms with E-state index in [0.29, 0.717) is 0 Å². The average molecular weight is 208 g/mol. The van der Waals surface area contributed by atoms with E-state index in [9.17, 15) is 4.79 Å². The minimum atomic E-state index is -0.860. The molecular formula is C11H16N2O2. The normalized spacial score (nSPS) is 14.9. The molecular weight excluding hydrogens is 192 g/mol. The molecule has 0 amide bonds. The first-order valence-corrected chi connectivity index (χ1v) is 4.92. The van der Waals surface area contributed by atoms with Crippen molar-refractivity contribution >= 4 is 5.97 Å². The second-order valence-electron chi connectivity index (χ2n) is 3.92. The lowest BCUT2D eigenvalue weighted by molar-refractivity contribution is -0.144. The van der Waals surface area contributed by atoms with Gasteiger partial charge in [-0.1, -0.05) is 19.9 Å². The number of nitrogens with two attached hydrogens (primary N) is 1. The molecule has 1 aromatic rings. The van der Waals surface area contributed by atoms with Crippen LogP contribution in [0.15, 0.2) is 24.5 Å². The molecule has 15 heavy (non-hydrogen) atoms. The van der Waals surface area contributed by atoms with E-state index in [1.54, 1.807) is 24.5 Å². The van der Waals surface area contributed by atoms with Gasteiger partial charge in [-0.3, -0.25) is 9.78 Å². The SMILES string of the molecule is CC(C)C(C(=O)O)C(N)c1cccnc1. The molecule has 3 N–H and O–H groups in total. The van der Waals surface area contributed by atoms with Crippen molar-refractivity contribution in [1.82, 2.24) is 4.98 Å². The minimum Gasteiger partial charge on any atom is -0.481 e. The number of hydrogen-bond acceptors (Lipinski definition) is 3. The molecule has 1 aromatic heterocycles. The van der Waals surface area contributed by atoms with Gasteiger partial charge in [0.05, 0.1) is 5.92 Å². The van der Waals surface area contributed by atoms with Crippen LogP contribution in [0, 0.1) is 11.8 Å². The van der Waals surface area contributed by atoms with Crippen LogP contribution in [0.1, 0.15) is 25.5 Å². The van der Waals surface area contributed by atoms with E-state index in [2.05, 4.69) is 4.98 Å². The van der Waals surface area contributed by atoms with Crippen LogP contribution < -0.4 is 5.73 Å². The summed E-state index contributed by atoms with van der Waals surface area (Å²) >= 11 is 0. The number of pyridine rings is 1. The molecule has 0 aliphatic rings. The van der Waals surface area contributed by atoms with Crippen molar-refractivity contribution in [2.75, 3.05) is 0 Å². The number of carboxylic acid groups (broad SMARTS) is 1. The Balaban J connectivity index is 2.91. The Morgan fingerprint density at radius 1 is 1.53 bits per heavy atom. The predicted octanol–water partition coefficient (Wildman–Crippen LogP) is 1.44. The van der Waals surface area contributed by atoms with Gasteiger partial charge in [-0.2, -0.15) is 0 Å². The smallest absolute Gasteiger partial charge is 0.308 e. The molecule has 2 unspecified atom stereocenters. The lowest BCUT2D eigenvalue weighted by Gasteiger charge is -2.23. The van der Waals surface area contributed by atoms with Crippen LogP contribution in [0.5, 0.6) is 0 Å². The number of aromatic nitrogens is 1. The standard InChI is InChI=1S/C11H16N2O2/c1-7(2)9(11(14)15)10(12)8-4-3-5-13-6-8/h3-7,9-10H,12H2,1-2H3,(H,14,15). The quantitative estimate of drug-likeness (QED) is 0.785. The monoisotopic (exact) mass is 208 g/mol. The number of carboxylic acids is 1. The van der Waals surface area contributed by atoms with Gasteiger partial charge < -0.3 is 10.8 Å². The summed E-state index contributed by atoms with van der Waals surface area (Å²) in [5, 5.41) is 9.07. The van der Waals surface area contributed by atoms with E-state index in [4.69, 9.17) is 10.8 Å². The number of nitrogens with zero attached hydrogens (tertiary/aromatic N) is 1. The molecule has 2 atom stereocenters. The highest BCUT2D eigenvalue weighted by Crippen LogP contribution is 2.25. The van der Waals surface area contributed by atoms with Crippen molar-refractivity contribution in [2.45, 2.75) is 19.9 Å². The number of rotatable bonds is 4. The molecule has 0 fully saturated rings. The number of carbonyl (C=O) groups is 1. The van der Waals surface area contributed by atoms with E-state index in [0.717, 1.165) is 5.56 Å². The first-order valence-electron chi connectivity index (χ1n) is 4.92. The van der Waals surface area contributed by atoms with Crippen LogP contribution in [-0.2, 0) is 4.79 Å². The predicted molar refractivity (Wildman–Crippen MR) is 57.1 cm³/mol. The van der Waals surface area contributed by atoms with Gasteiger partial charge in [0.1, 0.15) is 0 Å². The van der Waals surface area contributed by atoms with Crippen LogP contribution in [-0.4, -0.2) is 16.1 Å². The highest BCUT2D eigenvalue weighted by atomic mass is 16.4. The summed E-state index contributed by atoms with van der Waals surface area (Å²) in [6.45, 7) is 3.71. The highest BCUT2D eigenvalue weighted by Gasteiger charge is 2.29. The molecule has 0 aromatic carbocycles. The summed E-state index contributed by atoms with van der Waals surface area (Å²) < 4.78 is 0. The first kappa shape index (κ1) is 11.7. The fourth-order valence-electron chi connectivity index (χ4n) is 1.63. The third kappa shape index (κ3) is 2.76. The van der Waals surface area contributed by atoms with Crippen molar-refractivity contribution < 1.29 is 9.90 Å². The minimum absolute atomic E-state index is 0.00212. The van der Waals surface area contributed by atoms with Crippen LogP contribution >= 0.6 is 0 Å². The largest absolute Gasteiger partial charge is 0.481 e. The molecule has 1 rings (SSSR count). The number of aliphatic carboxylic acids is 1. The zero-order valence-electron chi connectivity index (χ0n) is 8.92. The summed E-state index contributed by atoms with van der Waals surface area (Å²) in [6, 6.07) is 3.06. The van der Waals surface area contributed by atoms with Crippen molar-refractivity contribution in [3.8, 4) is 0 Å². The Hall–Kier alpha value is -1.42. The Morgan fingerprint density at radius 2 is 2.20 bits per heavy atom. The Kier molecular flexibility index (Phi) is 3.80. The van der Waals surface area contributed by atoms with Gasteiger partial charge in [-0.25, -0.2) is 0 Å². The van der Waals surface area contributed by atoms with Crippen molar-refractivity contribution in [2.24, 2.45) is 17.6 Å². The molecule has 0 aliphatic heterocycles. The lowest BCUT2D eigenvalue weighted by Crippen LogP contribution is -2.32. The fraction of sp³-hybridized carbons (Fsp3) is 0.455. The molecule has 0 bridgehead atoms. The lowest BCUT2D eigenvalue weighted by atomic mass is 9.86. The van der Waals surface area contributed by atoms with Gasteiger partial charge >= 0.3 is 5.97 Å². The third-order valence-electron chi connectivity index (χ3n) is 2.46. The maximum Gasteiger partial charge on any atom is 0.308 e. The zero-order chi connectivity index (χ0) is 11.4. The van der Waals surface area contributed by atoms with Crippen molar-refractivity contribution in [3.05, 3.63) is 30.1 Å². The molecule has 1 heterocycles. The Morgan fingerprint density at radius 3 is 2.60 bits per heavy atom. The van der Waals surface area contributed by atoms with E-state index in [1.165, 1.54) is 0 Å². The summed E-state index contributed by atoms with van der Waals surface area (Å²) in [4.78, 5) is 15.0. The van der Waals surface area contributed by atoms with Gasteiger partial charge in [-0.15, -0.1) is 0 Å². The number of hydrogen-bond donors (Lipinski definition) is 2. The molecule has 0 aliphatic carbocycles. The van der Waals surface area contributed by atoms with Crippen LogP contribution in [0.3, 0.4) is 0 Å². The summed E-state index contributed by atoms with van der Waals surface area (Å²) in [7, 11) is 0.